The van der Waals surface area contributed by atoms with Gasteiger partial charge in [0.05, 0.1) is 13.0 Å². The van der Waals surface area contributed by atoms with Gasteiger partial charge in [-0.3, -0.25) is 4.79 Å². The van der Waals surface area contributed by atoms with E-state index in [1.807, 2.05) is 37.3 Å². The molecule has 0 aliphatic heterocycles. The van der Waals surface area contributed by atoms with Crippen LogP contribution in [0.1, 0.15) is 18.4 Å². The number of rotatable bonds is 6. The molecule has 1 unspecified atom stereocenters. The number of carbonyl (C=O) groups excluding carboxylic acids is 1. The van der Waals surface area contributed by atoms with Crippen molar-refractivity contribution < 1.29 is 9.53 Å². The number of methoxy groups -OCH3 is 1. The summed E-state index contributed by atoms with van der Waals surface area (Å²) in [5, 5.41) is 3.20. The van der Waals surface area contributed by atoms with Gasteiger partial charge in [0.15, 0.2) is 0 Å². The highest BCUT2D eigenvalue weighted by Crippen LogP contribution is 2.16. The molecule has 3 heteroatoms. The first-order valence-electron chi connectivity index (χ1n) is 5.63. The molecule has 0 radical (unpaired) electrons. The van der Waals surface area contributed by atoms with Gasteiger partial charge in [-0.2, -0.15) is 0 Å². The smallest absolute Gasteiger partial charge is 0.314 e. The summed E-state index contributed by atoms with van der Waals surface area (Å²) < 4.78 is 4.82. The summed E-state index contributed by atoms with van der Waals surface area (Å²) >= 11 is 0. The molecule has 92 valence electrons. The van der Waals surface area contributed by atoms with Crippen LogP contribution in [0.2, 0.25) is 0 Å². The Kier molecular flexibility index (Phi) is 5.43. The molecule has 1 atom stereocenters. The molecule has 1 aromatic carbocycles. The third kappa shape index (κ3) is 4.41. The summed E-state index contributed by atoms with van der Waals surface area (Å²) in [5.41, 5.74) is 2.01. The van der Waals surface area contributed by atoms with Crippen LogP contribution in [0.5, 0.6) is 0 Å². The third-order valence-corrected chi connectivity index (χ3v) is 2.46. The standard InChI is InChI=1S/C14H19NO2/c1-11(2)9-15-10-13(14(16)17-3)12-7-5-4-6-8-12/h4-8,13,15H,1,9-10H2,2-3H3. The highest BCUT2D eigenvalue weighted by Gasteiger charge is 2.20. The largest absolute Gasteiger partial charge is 0.469 e. The van der Waals surface area contributed by atoms with Crippen LogP contribution < -0.4 is 5.32 Å². The van der Waals surface area contributed by atoms with Crippen LogP contribution in [0.4, 0.5) is 0 Å². The number of esters is 1. The number of hydrogen-bond donors (Lipinski definition) is 1. The Morgan fingerprint density at radius 1 is 1.41 bits per heavy atom. The highest BCUT2D eigenvalue weighted by molar-refractivity contribution is 5.78. The van der Waals surface area contributed by atoms with Gasteiger partial charge >= 0.3 is 5.97 Å². The van der Waals surface area contributed by atoms with E-state index in [4.69, 9.17) is 4.74 Å². The molecule has 17 heavy (non-hydrogen) atoms. The Bertz CT molecular complexity index is 373. The van der Waals surface area contributed by atoms with Crippen molar-refractivity contribution in [3.63, 3.8) is 0 Å². The van der Waals surface area contributed by atoms with E-state index >= 15 is 0 Å². The van der Waals surface area contributed by atoms with Crippen LogP contribution in [-0.2, 0) is 9.53 Å². The van der Waals surface area contributed by atoms with Gasteiger partial charge in [0.2, 0.25) is 0 Å². The van der Waals surface area contributed by atoms with Gasteiger partial charge in [0.25, 0.3) is 0 Å². The maximum absolute atomic E-state index is 11.7. The molecule has 0 bridgehead atoms. The van der Waals surface area contributed by atoms with E-state index in [9.17, 15) is 4.79 Å². The first-order chi connectivity index (χ1) is 8.15. The molecule has 1 rings (SSSR count). The molecule has 0 fully saturated rings. The Hall–Kier alpha value is -1.61. The molecular weight excluding hydrogens is 214 g/mol. The van der Waals surface area contributed by atoms with E-state index in [0.717, 1.165) is 11.1 Å². The van der Waals surface area contributed by atoms with Gasteiger partial charge in [-0.25, -0.2) is 0 Å². The quantitative estimate of drug-likeness (QED) is 0.604. The predicted octanol–water partition coefficient (Wildman–Crippen LogP) is 2.11. The van der Waals surface area contributed by atoms with Crippen molar-refractivity contribution in [1.82, 2.24) is 5.32 Å². The lowest BCUT2D eigenvalue weighted by Crippen LogP contribution is -2.28. The zero-order valence-electron chi connectivity index (χ0n) is 10.4. The summed E-state index contributed by atoms with van der Waals surface area (Å²) in [6.45, 7) is 7.03. The Balaban J connectivity index is 2.68. The SMILES string of the molecule is C=C(C)CNCC(C(=O)OC)c1ccccc1. The molecule has 0 aromatic heterocycles. The van der Waals surface area contributed by atoms with E-state index in [0.29, 0.717) is 13.1 Å². The molecular formula is C14H19NO2. The number of nitrogens with one attached hydrogen (secondary N) is 1. The maximum Gasteiger partial charge on any atom is 0.314 e. The van der Waals surface area contributed by atoms with Crippen molar-refractivity contribution in [3.8, 4) is 0 Å². The topological polar surface area (TPSA) is 38.3 Å². The van der Waals surface area contributed by atoms with E-state index in [2.05, 4.69) is 11.9 Å². The fourth-order valence-corrected chi connectivity index (χ4v) is 1.59. The summed E-state index contributed by atoms with van der Waals surface area (Å²) in [6, 6.07) is 9.64. The normalized spacial score (nSPS) is 11.9. The summed E-state index contributed by atoms with van der Waals surface area (Å²) in [6.07, 6.45) is 0. The third-order valence-electron chi connectivity index (χ3n) is 2.46. The Morgan fingerprint density at radius 3 is 2.59 bits per heavy atom. The summed E-state index contributed by atoms with van der Waals surface area (Å²) in [7, 11) is 1.41. The summed E-state index contributed by atoms with van der Waals surface area (Å²) in [5.74, 6) is -0.481. The fourth-order valence-electron chi connectivity index (χ4n) is 1.59. The minimum Gasteiger partial charge on any atom is -0.469 e. The van der Waals surface area contributed by atoms with Crippen molar-refractivity contribution in [3.05, 3.63) is 48.0 Å². The average Bonchev–Trinajstić information content (AvgIpc) is 2.34. The van der Waals surface area contributed by atoms with Crippen LogP contribution >= 0.6 is 0 Å². The Labute approximate surface area is 102 Å². The monoisotopic (exact) mass is 233 g/mol. The zero-order chi connectivity index (χ0) is 12.7. The molecule has 1 aromatic rings. The Morgan fingerprint density at radius 2 is 2.06 bits per heavy atom. The second-order valence-electron chi connectivity index (χ2n) is 4.07. The van der Waals surface area contributed by atoms with Crippen LogP contribution in [0.15, 0.2) is 42.5 Å². The zero-order valence-corrected chi connectivity index (χ0v) is 10.4. The van der Waals surface area contributed by atoms with Gasteiger partial charge in [0.1, 0.15) is 0 Å². The molecule has 0 spiro atoms. The van der Waals surface area contributed by atoms with Gasteiger partial charge < -0.3 is 10.1 Å². The van der Waals surface area contributed by atoms with Crippen molar-refractivity contribution in [2.45, 2.75) is 12.8 Å². The van der Waals surface area contributed by atoms with E-state index in [-0.39, 0.29) is 11.9 Å². The van der Waals surface area contributed by atoms with Crippen molar-refractivity contribution in [2.24, 2.45) is 0 Å². The van der Waals surface area contributed by atoms with E-state index < -0.39 is 0 Å². The van der Waals surface area contributed by atoms with Gasteiger partial charge in [0, 0.05) is 13.1 Å². The van der Waals surface area contributed by atoms with Crippen LogP contribution in [0.25, 0.3) is 0 Å². The van der Waals surface area contributed by atoms with Crippen LogP contribution in [0.3, 0.4) is 0 Å². The second kappa shape index (κ2) is 6.86. The lowest BCUT2D eigenvalue weighted by atomic mass is 9.99. The first kappa shape index (κ1) is 13.5. The van der Waals surface area contributed by atoms with Crippen LogP contribution in [0, 0.1) is 0 Å². The van der Waals surface area contributed by atoms with Crippen molar-refractivity contribution >= 4 is 5.97 Å². The van der Waals surface area contributed by atoms with Gasteiger partial charge in [-0.15, -0.1) is 0 Å². The minimum absolute atomic E-state index is 0.217. The average molecular weight is 233 g/mol. The highest BCUT2D eigenvalue weighted by atomic mass is 16.5. The molecule has 0 aliphatic carbocycles. The second-order valence-corrected chi connectivity index (χ2v) is 4.07. The van der Waals surface area contributed by atoms with Gasteiger partial charge in [-0.05, 0) is 12.5 Å². The fraction of sp³-hybridized carbons (Fsp3) is 0.357. The first-order valence-corrected chi connectivity index (χ1v) is 5.63. The predicted molar refractivity (Wildman–Crippen MR) is 68.9 cm³/mol. The number of ether oxygens (including phenoxy) is 1. The maximum atomic E-state index is 11.7. The minimum atomic E-state index is -0.263. The number of benzene rings is 1. The van der Waals surface area contributed by atoms with E-state index in [1.54, 1.807) is 0 Å². The number of carbonyl (C=O) groups is 1. The van der Waals surface area contributed by atoms with E-state index in [1.165, 1.54) is 7.11 Å². The molecule has 0 amide bonds. The lowest BCUT2D eigenvalue weighted by Gasteiger charge is -2.15. The summed E-state index contributed by atoms with van der Waals surface area (Å²) in [4.78, 5) is 11.7. The van der Waals surface area contributed by atoms with Crippen molar-refractivity contribution in [1.29, 1.82) is 0 Å². The molecule has 0 saturated carbocycles. The molecule has 0 aliphatic rings. The molecule has 3 nitrogen and oxygen atoms in total. The van der Waals surface area contributed by atoms with Gasteiger partial charge in [-0.1, -0.05) is 42.5 Å². The lowest BCUT2D eigenvalue weighted by molar-refractivity contribution is -0.142. The molecule has 0 heterocycles. The molecule has 1 N–H and O–H groups in total. The number of hydrogen-bond acceptors (Lipinski definition) is 3. The van der Waals surface area contributed by atoms with Crippen LogP contribution in [-0.4, -0.2) is 26.2 Å². The molecule has 0 saturated heterocycles. The van der Waals surface area contributed by atoms with Crippen molar-refractivity contribution in [2.75, 3.05) is 20.2 Å².